The van der Waals surface area contributed by atoms with Gasteiger partial charge in [0.1, 0.15) is 0 Å². The Labute approximate surface area is 175 Å². The summed E-state index contributed by atoms with van der Waals surface area (Å²) in [7, 11) is -3.43. The summed E-state index contributed by atoms with van der Waals surface area (Å²) in [5.41, 5.74) is 2.86. The number of rotatable bonds is 10. The van der Waals surface area contributed by atoms with Crippen LogP contribution in [0, 0.1) is 0 Å². The Morgan fingerprint density at radius 3 is 2.24 bits per heavy atom. The zero-order valence-corrected chi connectivity index (χ0v) is 18.6. The largest absolute Gasteiger partial charge is 0.356 e. The van der Waals surface area contributed by atoms with Gasteiger partial charge in [-0.25, -0.2) is 8.42 Å². The number of amides is 1. The third-order valence-electron chi connectivity index (χ3n) is 4.97. The molecule has 0 aromatic heterocycles. The summed E-state index contributed by atoms with van der Waals surface area (Å²) in [6, 6.07) is 17.6. The summed E-state index contributed by atoms with van der Waals surface area (Å²) in [6.07, 6.45) is 1.97. The Hall–Kier alpha value is -2.34. The van der Waals surface area contributed by atoms with Crippen LogP contribution in [0.25, 0.3) is 0 Å². The fourth-order valence-electron chi connectivity index (χ4n) is 3.31. The van der Waals surface area contributed by atoms with E-state index in [1.165, 1.54) is 16.1 Å². The molecule has 0 heterocycles. The van der Waals surface area contributed by atoms with E-state index in [9.17, 15) is 13.2 Å². The average molecular weight is 417 g/mol. The van der Waals surface area contributed by atoms with Crippen LogP contribution in [-0.2, 0) is 14.8 Å². The molecule has 0 saturated heterocycles. The van der Waals surface area contributed by atoms with Crippen LogP contribution < -0.4 is 9.62 Å². The molecule has 0 radical (unpaired) electrons. The molecule has 5 nitrogen and oxygen atoms in total. The van der Waals surface area contributed by atoms with E-state index < -0.39 is 10.0 Å². The smallest absolute Gasteiger partial charge is 0.232 e. The summed E-state index contributed by atoms with van der Waals surface area (Å²) in [5.74, 6) is 0.377. The van der Waals surface area contributed by atoms with E-state index in [-0.39, 0.29) is 30.7 Å². The molecule has 2 aromatic carbocycles. The molecular weight excluding hydrogens is 384 g/mol. The molecule has 0 fully saturated rings. The minimum Gasteiger partial charge on any atom is -0.356 e. The molecule has 2 rings (SSSR count). The standard InChI is InChI=1S/C23H32N2O3S/c1-18(2)21-13-8-9-14-22(21)25(29(4,27)28)16-10-15-23(26)24-17-19(3)20-11-6-5-7-12-20/h5-9,11-14,18-19H,10,15-17H2,1-4H3,(H,24,26)/t19-/m1/s1. The van der Waals surface area contributed by atoms with Crippen molar-refractivity contribution in [3.63, 3.8) is 0 Å². The fourth-order valence-corrected chi connectivity index (χ4v) is 4.29. The van der Waals surface area contributed by atoms with E-state index in [1.807, 2.05) is 68.4 Å². The molecule has 0 unspecified atom stereocenters. The van der Waals surface area contributed by atoms with Gasteiger partial charge in [0, 0.05) is 19.5 Å². The van der Waals surface area contributed by atoms with Crippen LogP contribution in [0.5, 0.6) is 0 Å². The highest BCUT2D eigenvalue weighted by molar-refractivity contribution is 7.92. The second-order valence-electron chi connectivity index (χ2n) is 7.77. The molecule has 0 bridgehead atoms. The Morgan fingerprint density at radius 2 is 1.62 bits per heavy atom. The third-order valence-corrected chi connectivity index (χ3v) is 6.15. The number of anilines is 1. The van der Waals surface area contributed by atoms with Gasteiger partial charge in [0.05, 0.1) is 11.9 Å². The predicted octanol–water partition coefficient (Wildman–Crippen LogP) is 4.28. The van der Waals surface area contributed by atoms with Crippen LogP contribution in [0.3, 0.4) is 0 Å². The van der Waals surface area contributed by atoms with Gasteiger partial charge in [0.15, 0.2) is 0 Å². The molecule has 0 aliphatic rings. The monoisotopic (exact) mass is 416 g/mol. The lowest BCUT2D eigenvalue weighted by molar-refractivity contribution is -0.121. The molecule has 0 spiro atoms. The Balaban J connectivity index is 1.93. The highest BCUT2D eigenvalue weighted by Gasteiger charge is 2.21. The lowest BCUT2D eigenvalue weighted by atomic mass is 10.0. The average Bonchev–Trinajstić information content (AvgIpc) is 2.69. The van der Waals surface area contributed by atoms with Crippen LogP contribution in [0.4, 0.5) is 5.69 Å². The normalized spacial score (nSPS) is 12.6. The number of nitrogens with zero attached hydrogens (tertiary/aromatic N) is 1. The van der Waals surface area contributed by atoms with E-state index in [1.54, 1.807) is 0 Å². The zero-order chi connectivity index (χ0) is 21.4. The van der Waals surface area contributed by atoms with Gasteiger partial charge in [-0.1, -0.05) is 69.3 Å². The van der Waals surface area contributed by atoms with Gasteiger partial charge in [0.2, 0.25) is 15.9 Å². The number of carbonyl (C=O) groups excluding carboxylic acids is 1. The van der Waals surface area contributed by atoms with Crippen LogP contribution in [0.15, 0.2) is 54.6 Å². The molecule has 1 N–H and O–H groups in total. The highest BCUT2D eigenvalue weighted by Crippen LogP contribution is 2.29. The van der Waals surface area contributed by atoms with Crippen molar-refractivity contribution >= 4 is 21.6 Å². The summed E-state index contributed by atoms with van der Waals surface area (Å²) in [5, 5.41) is 2.96. The Bertz CT molecular complexity index is 895. The molecule has 6 heteroatoms. The SMILES string of the molecule is CC(C)c1ccccc1N(CCCC(=O)NC[C@@H](C)c1ccccc1)S(C)(=O)=O. The second kappa shape index (κ2) is 10.4. The molecule has 1 amide bonds. The number of hydrogen-bond donors (Lipinski definition) is 1. The maximum Gasteiger partial charge on any atom is 0.232 e. The van der Waals surface area contributed by atoms with Crippen molar-refractivity contribution in [1.29, 1.82) is 0 Å². The molecule has 158 valence electrons. The quantitative estimate of drug-likeness (QED) is 0.629. The number of para-hydroxylation sites is 1. The molecule has 0 aliphatic carbocycles. The van der Waals surface area contributed by atoms with Crippen LogP contribution in [0.1, 0.15) is 56.6 Å². The van der Waals surface area contributed by atoms with Crippen molar-refractivity contribution in [2.24, 2.45) is 0 Å². The maximum atomic E-state index is 12.4. The minimum absolute atomic E-state index is 0.0571. The maximum absolute atomic E-state index is 12.4. The van der Waals surface area contributed by atoms with E-state index in [0.29, 0.717) is 18.7 Å². The van der Waals surface area contributed by atoms with Crippen molar-refractivity contribution < 1.29 is 13.2 Å². The van der Waals surface area contributed by atoms with Gasteiger partial charge in [-0.3, -0.25) is 9.10 Å². The Morgan fingerprint density at radius 1 is 1.00 bits per heavy atom. The number of carbonyl (C=O) groups is 1. The van der Waals surface area contributed by atoms with Crippen molar-refractivity contribution in [2.45, 2.75) is 45.4 Å². The lowest BCUT2D eigenvalue weighted by Gasteiger charge is -2.26. The van der Waals surface area contributed by atoms with Crippen molar-refractivity contribution in [3.05, 3.63) is 65.7 Å². The minimum atomic E-state index is -3.43. The van der Waals surface area contributed by atoms with Crippen molar-refractivity contribution in [1.82, 2.24) is 5.32 Å². The van der Waals surface area contributed by atoms with E-state index in [2.05, 4.69) is 12.2 Å². The van der Waals surface area contributed by atoms with Gasteiger partial charge in [0.25, 0.3) is 0 Å². The second-order valence-corrected chi connectivity index (χ2v) is 9.67. The van der Waals surface area contributed by atoms with Gasteiger partial charge in [-0.05, 0) is 35.4 Å². The molecule has 0 aliphatic heterocycles. The zero-order valence-electron chi connectivity index (χ0n) is 17.8. The predicted molar refractivity (Wildman–Crippen MR) is 120 cm³/mol. The Kier molecular flexibility index (Phi) is 8.26. The van der Waals surface area contributed by atoms with Crippen molar-refractivity contribution in [3.8, 4) is 0 Å². The van der Waals surface area contributed by atoms with Crippen LogP contribution in [-0.4, -0.2) is 33.7 Å². The van der Waals surface area contributed by atoms with Gasteiger partial charge >= 0.3 is 0 Å². The highest BCUT2D eigenvalue weighted by atomic mass is 32.2. The van der Waals surface area contributed by atoms with Crippen molar-refractivity contribution in [2.75, 3.05) is 23.7 Å². The number of nitrogens with one attached hydrogen (secondary N) is 1. The number of benzene rings is 2. The third kappa shape index (κ3) is 6.89. The fraction of sp³-hybridized carbons (Fsp3) is 0.435. The molecule has 2 aromatic rings. The van der Waals surface area contributed by atoms with Gasteiger partial charge < -0.3 is 5.32 Å². The van der Waals surface area contributed by atoms with Crippen LogP contribution >= 0.6 is 0 Å². The first-order valence-electron chi connectivity index (χ1n) is 10.1. The van der Waals surface area contributed by atoms with Gasteiger partial charge in [-0.2, -0.15) is 0 Å². The number of hydrogen-bond acceptors (Lipinski definition) is 3. The topological polar surface area (TPSA) is 66.5 Å². The lowest BCUT2D eigenvalue weighted by Crippen LogP contribution is -2.33. The van der Waals surface area contributed by atoms with E-state index >= 15 is 0 Å². The summed E-state index contributed by atoms with van der Waals surface area (Å²) >= 11 is 0. The first-order valence-corrected chi connectivity index (χ1v) is 11.9. The molecule has 1 atom stereocenters. The summed E-state index contributed by atoms with van der Waals surface area (Å²) in [6.45, 7) is 7.00. The van der Waals surface area contributed by atoms with E-state index in [0.717, 1.165) is 5.56 Å². The summed E-state index contributed by atoms with van der Waals surface area (Å²) < 4.78 is 26.2. The molecule has 29 heavy (non-hydrogen) atoms. The summed E-state index contributed by atoms with van der Waals surface area (Å²) in [4.78, 5) is 12.2. The van der Waals surface area contributed by atoms with Crippen LogP contribution in [0.2, 0.25) is 0 Å². The molecular formula is C23H32N2O3S. The first-order chi connectivity index (χ1) is 13.7. The van der Waals surface area contributed by atoms with E-state index in [4.69, 9.17) is 0 Å². The van der Waals surface area contributed by atoms with Gasteiger partial charge in [-0.15, -0.1) is 0 Å². The molecule has 0 saturated carbocycles. The first kappa shape index (κ1) is 22.9. The number of sulfonamides is 1.